The first-order valence-corrected chi connectivity index (χ1v) is 8.17. The van der Waals surface area contributed by atoms with Gasteiger partial charge in [0.05, 0.1) is 5.69 Å². The molecule has 0 aliphatic heterocycles. The average Bonchev–Trinajstić information content (AvgIpc) is 2.88. The number of anilines is 2. The van der Waals surface area contributed by atoms with Crippen molar-refractivity contribution in [1.29, 1.82) is 5.26 Å². The van der Waals surface area contributed by atoms with Crippen LogP contribution in [0.15, 0.2) is 34.5 Å². The normalized spacial score (nSPS) is 11.0. The van der Waals surface area contributed by atoms with Gasteiger partial charge in [0.2, 0.25) is 0 Å². The van der Waals surface area contributed by atoms with Gasteiger partial charge in [-0.1, -0.05) is 13.0 Å². The van der Waals surface area contributed by atoms with E-state index in [2.05, 4.69) is 4.72 Å². The van der Waals surface area contributed by atoms with Crippen LogP contribution in [0.1, 0.15) is 17.4 Å². The quantitative estimate of drug-likeness (QED) is 0.848. The van der Waals surface area contributed by atoms with Crippen molar-refractivity contribution in [2.75, 3.05) is 10.5 Å². The van der Waals surface area contributed by atoms with Crippen molar-refractivity contribution in [3.8, 4) is 6.07 Å². The van der Waals surface area contributed by atoms with E-state index in [0.29, 0.717) is 16.3 Å². The fraction of sp³-hybridized carbons (Fsp3) is 0.154. The Morgan fingerprint density at radius 2 is 2.10 bits per heavy atom. The topological polar surface area (TPSA) is 96.0 Å². The number of sulfonamides is 1. The fourth-order valence-electron chi connectivity index (χ4n) is 1.71. The summed E-state index contributed by atoms with van der Waals surface area (Å²) in [7, 11) is -3.68. The van der Waals surface area contributed by atoms with Crippen LogP contribution in [0.2, 0.25) is 0 Å². The smallest absolute Gasteiger partial charge is 0.271 e. The Hall–Kier alpha value is -2.04. The molecule has 0 unspecified atom stereocenters. The number of thiophene rings is 1. The molecule has 0 saturated heterocycles. The Morgan fingerprint density at radius 1 is 1.35 bits per heavy atom. The molecule has 1 aromatic heterocycles. The molecule has 0 atom stereocenters. The Bertz CT molecular complexity index is 773. The third-order valence-electron chi connectivity index (χ3n) is 2.74. The van der Waals surface area contributed by atoms with Gasteiger partial charge in [-0.3, -0.25) is 4.72 Å². The van der Waals surface area contributed by atoms with Crippen LogP contribution in [0.4, 0.5) is 11.4 Å². The second-order valence-corrected chi connectivity index (χ2v) is 7.10. The summed E-state index contributed by atoms with van der Waals surface area (Å²) >= 11 is 0.928. The number of nitrogens with one attached hydrogen (secondary N) is 1. The van der Waals surface area contributed by atoms with E-state index < -0.39 is 10.0 Å². The first-order chi connectivity index (χ1) is 9.46. The summed E-state index contributed by atoms with van der Waals surface area (Å²) in [6.07, 6.45) is 0.787. The average molecular weight is 307 g/mol. The van der Waals surface area contributed by atoms with E-state index in [0.717, 1.165) is 23.3 Å². The molecule has 3 N–H and O–H groups in total. The van der Waals surface area contributed by atoms with Crippen molar-refractivity contribution in [2.24, 2.45) is 0 Å². The lowest BCUT2D eigenvalue weighted by molar-refractivity contribution is 0.603. The number of nitrogens with two attached hydrogens (primary N) is 1. The van der Waals surface area contributed by atoms with Crippen LogP contribution in [-0.2, 0) is 16.4 Å². The molecule has 0 bridgehead atoms. The molecule has 2 aromatic rings. The zero-order valence-corrected chi connectivity index (χ0v) is 12.4. The molecule has 0 aliphatic carbocycles. The number of rotatable bonds is 4. The van der Waals surface area contributed by atoms with Crippen LogP contribution in [-0.4, -0.2) is 8.42 Å². The van der Waals surface area contributed by atoms with E-state index in [1.807, 2.05) is 13.0 Å². The van der Waals surface area contributed by atoms with Crippen LogP contribution in [0.5, 0.6) is 0 Å². The predicted molar refractivity (Wildman–Crippen MR) is 80.1 cm³/mol. The van der Waals surface area contributed by atoms with Crippen molar-refractivity contribution in [3.05, 3.63) is 40.8 Å². The molecule has 2 rings (SSSR count). The number of hydrogen-bond acceptors (Lipinski definition) is 5. The van der Waals surface area contributed by atoms with Gasteiger partial charge in [-0.2, -0.15) is 5.26 Å². The summed E-state index contributed by atoms with van der Waals surface area (Å²) in [5.74, 6) is 0. The standard InChI is InChI=1S/C13H13N3O2S2/c1-2-9-3-4-10(7-12(9)15)16-20(17,18)13-6-5-11(8-14)19-13/h3-7,16H,2,15H2,1H3. The lowest BCUT2D eigenvalue weighted by atomic mass is 10.1. The highest BCUT2D eigenvalue weighted by molar-refractivity contribution is 7.94. The van der Waals surface area contributed by atoms with Crippen molar-refractivity contribution in [1.82, 2.24) is 0 Å². The largest absolute Gasteiger partial charge is 0.398 e. The molecule has 1 heterocycles. The van der Waals surface area contributed by atoms with Crippen LogP contribution in [0, 0.1) is 11.3 Å². The van der Waals surface area contributed by atoms with Gasteiger partial charge in [0.1, 0.15) is 15.2 Å². The van der Waals surface area contributed by atoms with Crippen molar-refractivity contribution in [3.63, 3.8) is 0 Å². The maximum Gasteiger partial charge on any atom is 0.271 e. The van der Waals surface area contributed by atoms with E-state index in [-0.39, 0.29) is 4.21 Å². The lowest BCUT2D eigenvalue weighted by Crippen LogP contribution is -2.11. The summed E-state index contributed by atoms with van der Waals surface area (Å²) in [6, 6.07) is 9.86. The second-order valence-electron chi connectivity index (χ2n) is 4.10. The van der Waals surface area contributed by atoms with E-state index in [1.54, 1.807) is 18.2 Å². The summed E-state index contributed by atoms with van der Waals surface area (Å²) in [5.41, 5.74) is 7.77. The van der Waals surface area contributed by atoms with Crippen LogP contribution < -0.4 is 10.5 Å². The first kappa shape index (κ1) is 14.4. The Morgan fingerprint density at radius 3 is 2.65 bits per heavy atom. The fourth-order valence-corrected chi connectivity index (χ4v) is 3.86. The van der Waals surface area contributed by atoms with Crippen molar-refractivity contribution in [2.45, 2.75) is 17.6 Å². The van der Waals surface area contributed by atoms with E-state index in [1.165, 1.54) is 12.1 Å². The minimum absolute atomic E-state index is 0.104. The highest BCUT2D eigenvalue weighted by Gasteiger charge is 2.17. The molecular formula is C13H13N3O2S2. The second kappa shape index (κ2) is 5.53. The molecule has 5 nitrogen and oxygen atoms in total. The molecular weight excluding hydrogens is 294 g/mol. The summed E-state index contributed by atoms with van der Waals surface area (Å²) in [5, 5.41) is 8.73. The molecule has 7 heteroatoms. The van der Waals surface area contributed by atoms with Gasteiger partial charge in [0.25, 0.3) is 10.0 Å². The van der Waals surface area contributed by atoms with Crippen LogP contribution >= 0.6 is 11.3 Å². The lowest BCUT2D eigenvalue weighted by Gasteiger charge is -2.09. The minimum Gasteiger partial charge on any atom is -0.398 e. The van der Waals surface area contributed by atoms with Gasteiger partial charge in [-0.25, -0.2) is 8.42 Å². The number of hydrogen-bond donors (Lipinski definition) is 2. The van der Waals surface area contributed by atoms with Gasteiger partial charge in [0, 0.05) is 5.69 Å². The van der Waals surface area contributed by atoms with Crippen molar-refractivity contribution < 1.29 is 8.42 Å². The maximum absolute atomic E-state index is 12.1. The highest BCUT2D eigenvalue weighted by Crippen LogP contribution is 2.25. The van der Waals surface area contributed by atoms with Gasteiger partial charge < -0.3 is 5.73 Å². The van der Waals surface area contributed by atoms with E-state index in [4.69, 9.17) is 11.0 Å². The molecule has 0 saturated carbocycles. The Kier molecular flexibility index (Phi) is 3.97. The Labute approximate surface area is 121 Å². The van der Waals surface area contributed by atoms with Gasteiger partial charge in [-0.05, 0) is 36.2 Å². The van der Waals surface area contributed by atoms with Gasteiger partial charge in [0.15, 0.2) is 0 Å². The minimum atomic E-state index is -3.68. The summed E-state index contributed by atoms with van der Waals surface area (Å²) in [6.45, 7) is 1.98. The molecule has 0 amide bonds. The third kappa shape index (κ3) is 2.92. The monoisotopic (exact) mass is 307 g/mol. The summed E-state index contributed by atoms with van der Waals surface area (Å²) < 4.78 is 26.9. The molecule has 0 aliphatic rings. The molecule has 0 spiro atoms. The zero-order valence-electron chi connectivity index (χ0n) is 10.8. The maximum atomic E-state index is 12.1. The van der Waals surface area contributed by atoms with Gasteiger partial charge in [-0.15, -0.1) is 11.3 Å². The van der Waals surface area contributed by atoms with Gasteiger partial charge >= 0.3 is 0 Å². The number of nitrogen functional groups attached to an aromatic ring is 1. The zero-order chi connectivity index (χ0) is 14.8. The van der Waals surface area contributed by atoms with E-state index >= 15 is 0 Å². The highest BCUT2D eigenvalue weighted by atomic mass is 32.2. The number of nitriles is 1. The SMILES string of the molecule is CCc1ccc(NS(=O)(=O)c2ccc(C#N)s2)cc1N. The number of nitrogens with zero attached hydrogens (tertiary/aromatic N) is 1. The Balaban J connectivity index is 2.29. The molecule has 104 valence electrons. The summed E-state index contributed by atoms with van der Waals surface area (Å²) in [4.78, 5) is 0.353. The van der Waals surface area contributed by atoms with Crippen molar-refractivity contribution >= 4 is 32.7 Å². The number of benzene rings is 1. The molecule has 1 aromatic carbocycles. The molecule has 0 fully saturated rings. The predicted octanol–water partition coefficient (Wildman–Crippen LogP) is 2.57. The van der Waals surface area contributed by atoms with Crippen LogP contribution in [0.3, 0.4) is 0 Å². The molecule has 0 radical (unpaired) electrons. The number of aryl methyl sites for hydroxylation is 1. The van der Waals surface area contributed by atoms with Crippen LogP contribution in [0.25, 0.3) is 0 Å². The first-order valence-electron chi connectivity index (χ1n) is 5.87. The molecule has 20 heavy (non-hydrogen) atoms. The van der Waals surface area contributed by atoms with E-state index in [9.17, 15) is 8.42 Å². The third-order valence-corrected chi connectivity index (χ3v) is 5.60.